The maximum absolute atomic E-state index is 12.2. The number of carbonyl (C=O) groups is 1. The first-order chi connectivity index (χ1) is 10.9. The van der Waals surface area contributed by atoms with Crippen molar-refractivity contribution in [1.29, 1.82) is 0 Å². The number of nitrogens with one attached hydrogen (secondary N) is 2. The van der Waals surface area contributed by atoms with Gasteiger partial charge in [0.2, 0.25) is 0 Å². The topological polar surface area (TPSA) is 53.6 Å². The lowest BCUT2D eigenvalue weighted by molar-refractivity contribution is -0.274. The Labute approximate surface area is 130 Å². The molecule has 23 heavy (non-hydrogen) atoms. The average molecular weight is 335 g/mol. The van der Waals surface area contributed by atoms with Crippen molar-refractivity contribution in [3.8, 4) is 5.75 Å². The number of halogens is 4. The highest BCUT2D eigenvalue weighted by Gasteiger charge is 2.31. The third-order valence-electron chi connectivity index (χ3n) is 3.32. The lowest BCUT2D eigenvalue weighted by Gasteiger charge is -2.20. The summed E-state index contributed by atoms with van der Waals surface area (Å²) >= 11 is 0. The van der Waals surface area contributed by atoms with Crippen LogP contribution in [0, 0.1) is 0 Å². The fraction of sp³-hybridized carbons (Fsp3) is 0.500. The number of urea groups is 1. The Kier molecular flexibility index (Phi) is 5.51. The highest BCUT2D eigenvalue weighted by molar-refractivity contribution is 5.74. The summed E-state index contributed by atoms with van der Waals surface area (Å²) in [5.74, 6) is -0.285. The van der Waals surface area contributed by atoms with E-state index in [1.54, 1.807) is 6.07 Å². The molecule has 0 aliphatic carbocycles. The van der Waals surface area contributed by atoms with Crippen molar-refractivity contribution >= 4 is 11.7 Å². The number of carbonyl (C=O) groups excluding carboxylic acids is 1. The first-order valence-electron chi connectivity index (χ1n) is 7.08. The van der Waals surface area contributed by atoms with Gasteiger partial charge in [0.05, 0.1) is 0 Å². The summed E-state index contributed by atoms with van der Waals surface area (Å²) in [5.41, 5.74) is 0.584. The average Bonchev–Trinajstić information content (AvgIpc) is 2.92. The molecule has 0 saturated carbocycles. The Morgan fingerprint density at radius 2 is 2.17 bits per heavy atom. The molecule has 1 saturated heterocycles. The second-order valence-electron chi connectivity index (χ2n) is 5.07. The van der Waals surface area contributed by atoms with Gasteiger partial charge in [-0.25, -0.2) is 9.18 Å². The summed E-state index contributed by atoms with van der Waals surface area (Å²) in [7, 11) is 0. The van der Waals surface area contributed by atoms with E-state index in [0.717, 1.165) is 0 Å². The van der Waals surface area contributed by atoms with Crippen LogP contribution in [-0.4, -0.2) is 44.7 Å². The molecule has 2 rings (SSSR count). The van der Waals surface area contributed by atoms with Gasteiger partial charge in [-0.1, -0.05) is 6.07 Å². The monoisotopic (exact) mass is 335 g/mol. The van der Waals surface area contributed by atoms with Gasteiger partial charge >= 0.3 is 12.4 Å². The van der Waals surface area contributed by atoms with Crippen LogP contribution >= 0.6 is 0 Å². The number of alkyl halides is 4. The third kappa shape index (κ3) is 5.50. The molecule has 1 atom stereocenters. The molecule has 1 aromatic carbocycles. The summed E-state index contributed by atoms with van der Waals surface area (Å²) in [6.45, 7) is 0.345. The lowest BCUT2D eigenvalue weighted by atomic mass is 10.2. The van der Waals surface area contributed by atoms with Gasteiger partial charge in [-0.3, -0.25) is 0 Å². The summed E-state index contributed by atoms with van der Waals surface area (Å²) in [5, 5.41) is 5.06. The highest BCUT2D eigenvalue weighted by Crippen LogP contribution is 2.28. The standard InChI is InChI=1S/C14H17F4N3O2/c15-5-6-19-13(22)20-10-4-7-21(9-10)11-2-1-3-12(8-11)23-14(16,17)18/h1-3,8,10H,4-7,9H2,(H2,19,20,22). The van der Waals surface area contributed by atoms with Crippen LogP contribution in [0.3, 0.4) is 0 Å². The molecule has 0 radical (unpaired) electrons. The number of nitrogens with zero attached hydrogens (tertiary/aromatic N) is 1. The van der Waals surface area contributed by atoms with Gasteiger partial charge in [0, 0.05) is 37.4 Å². The Morgan fingerprint density at radius 3 is 2.87 bits per heavy atom. The molecule has 1 heterocycles. The largest absolute Gasteiger partial charge is 0.573 e. The lowest BCUT2D eigenvalue weighted by Crippen LogP contribution is -2.43. The molecule has 128 valence electrons. The van der Waals surface area contributed by atoms with Crippen LogP contribution in [-0.2, 0) is 0 Å². The van der Waals surface area contributed by atoms with Gasteiger partial charge in [0.15, 0.2) is 0 Å². The van der Waals surface area contributed by atoms with Crippen molar-refractivity contribution in [2.24, 2.45) is 0 Å². The number of hydrogen-bond acceptors (Lipinski definition) is 3. The molecule has 1 unspecified atom stereocenters. The van der Waals surface area contributed by atoms with Crippen LogP contribution in [0.25, 0.3) is 0 Å². The number of amides is 2. The van der Waals surface area contributed by atoms with Crippen molar-refractivity contribution in [3.63, 3.8) is 0 Å². The van der Waals surface area contributed by atoms with Crippen LogP contribution in [0.5, 0.6) is 5.75 Å². The van der Waals surface area contributed by atoms with E-state index in [9.17, 15) is 22.4 Å². The molecule has 0 bridgehead atoms. The second-order valence-corrected chi connectivity index (χ2v) is 5.07. The van der Waals surface area contributed by atoms with Gasteiger partial charge < -0.3 is 20.3 Å². The molecular weight excluding hydrogens is 318 g/mol. The van der Waals surface area contributed by atoms with Gasteiger partial charge in [-0.15, -0.1) is 13.2 Å². The molecule has 2 N–H and O–H groups in total. The van der Waals surface area contributed by atoms with Gasteiger partial charge in [-0.2, -0.15) is 0 Å². The number of benzene rings is 1. The molecule has 1 fully saturated rings. The highest BCUT2D eigenvalue weighted by atomic mass is 19.4. The molecule has 0 spiro atoms. The molecule has 5 nitrogen and oxygen atoms in total. The van der Waals surface area contributed by atoms with Crippen LogP contribution in [0.4, 0.5) is 28.0 Å². The zero-order valence-electron chi connectivity index (χ0n) is 12.2. The number of anilines is 1. The summed E-state index contributed by atoms with van der Waals surface area (Å²) in [6.07, 6.45) is -4.09. The van der Waals surface area contributed by atoms with Crippen LogP contribution in [0.15, 0.2) is 24.3 Å². The number of rotatable bonds is 5. The summed E-state index contributed by atoms with van der Waals surface area (Å²) in [4.78, 5) is 13.3. The molecule has 1 aromatic rings. The molecule has 9 heteroatoms. The zero-order valence-corrected chi connectivity index (χ0v) is 12.2. The van der Waals surface area contributed by atoms with E-state index in [1.165, 1.54) is 18.2 Å². The molecule has 1 aliphatic rings. The zero-order chi connectivity index (χ0) is 16.9. The molecule has 1 aliphatic heterocycles. The van der Waals surface area contributed by atoms with Crippen molar-refractivity contribution in [2.45, 2.75) is 18.8 Å². The SMILES string of the molecule is O=C(NCCF)NC1CCN(c2cccc(OC(F)(F)F)c2)C1. The predicted molar refractivity (Wildman–Crippen MR) is 76.3 cm³/mol. The van der Waals surface area contributed by atoms with E-state index in [1.807, 2.05) is 4.90 Å². The van der Waals surface area contributed by atoms with Crippen LogP contribution in [0.1, 0.15) is 6.42 Å². The molecule has 2 amide bonds. The minimum atomic E-state index is -4.73. The number of hydrogen-bond donors (Lipinski definition) is 2. The Hall–Kier alpha value is -2.19. The normalized spacial score (nSPS) is 17.9. The first kappa shape index (κ1) is 17.2. The fourth-order valence-corrected chi connectivity index (χ4v) is 2.39. The van der Waals surface area contributed by atoms with Crippen molar-refractivity contribution in [1.82, 2.24) is 10.6 Å². The smallest absolute Gasteiger partial charge is 0.406 e. The van der Waals surface area contributed by atoms with Crippen molar-refractivity contribution in [2.75, 3.05) is 31.2 Å². The van der Waals surface area contributed by atoms with E-state index in [4.69, 9.17) is 0 Å². The quantitative estimate of drug-likeness (QED) is 0.813. The summed E-state index contributed by atoms with van der Waals surface area (Å²) < 4.78 is 52.6. The second kappa shape index (κ2) is 7.38. The van der Waals surface area contributed by atoms with Crippen LogP contribution in [0.2, 0.25) is 0 Å². The third-order valence-corrected chi connectivity index (χ3v) is 3.32. The van der Waals surface area contributed by atoms with Crippen molar-refractivity contribution in [3.05, 3.63) is 24.3 Å². The van der Waals surface area contributed by atoms with E-state index in [0.29, 0.717) is 25.2 Å². The summed E-state index contributed by atoms with van der Waals surface area (Å²) in [6, 6.07) is 5.08. The molecule has 0 aromatic heterocycles. The Balaban J connectivity index is 1.91. The van der Waals surface area contributed by atoms with Gasteiger partial charge in [0.1, 0.15) is 12.4 Å². The van der Waals surface area contributed by atoms with E-state index < -0.39 is 19.1 Å². The molecular formula is C14H17F4N3O2. The van der Waals surface area contributed by atoms with Gasteiger partial charge in [-0.05, 0) is 18.6 Å². The van der Waals surface area contributed by atoms with E-state index in [2.05, 4.69) is 15.4 Å². The maximum atomic E-state index is 12.2. The number of ether oxygens (including phenoxy) is 1. The Morgan fingerprint density at radius 1 is 1.39 bits per heavy atom. The maximum Gasteiger partial charge on any atom is 0.573 e. The minimum Gasteiger partial charge on any atom is -0.406 e. The van der Waals surface area contributed by atoms with Gasteiger partial charge in [0.25, 0.3) is 0 Å². The van der Waals surface area contributed by atoms with Crippen LogP contribution < -0.4 is 20.3 Å². The van der Waals surface area contributed by atoms with Crippen molar-refractivity contribution < 1.29 is 27.1 Å². The minimum absolute atomic E-state index is 0.0565. The first-order valence-corrected chi connectivity index (χ1v) is 7.08. The fourth-order valence-electron chi connectivity index (χ4n) is 2.39. The van der Waals surface area contributed by atoms with E-state index >= 15 is 0 Å². The predicted octanol–water partition coefficient (Wildman–Crippen LogP) is 2.43. The van der Waals surface area contributed by atoms with E-state index in [-0.39, 0.29) is 18.3 Å². The Bertz CT molecular complexity index is 539.